The van der Waals surface area contributed by atoms with Crippen LogP contribution in [0.5, 0.6) is 0 Å². The van der Waals surface area contributed by atoms with E-state index in [2.05, 4.69) is 13.8 Å². The predicted molar refractivity (Wildman–Crippen MR) is 246 cm³/mol. The molecule has 1 heterocycles. The lowest BCUT2D eigenvalue weighted by molar-refractivity contribution is -0.149. The van der Waals surface area contributed by atoms with Gasteiger partial charge in [0.2, 0.25) is 11.8 Å². The zero-order chi connectivity index (χ0) is 47.3. The number of likely N-dealkylation sites (tertiary alicyclic amines) is 1. The molecule has 0 N–H and O–H groups in total. The second-order valence-electron chi connectivity index (χ2n) is 18.8. The minimum atomic E-state index is -0.728. The summed E-state index contributed by atoms with van der Waals surface area (Å²) in [4.78, 5) is 87.3. The van der Waals surface area contributed by atoms with Gasteiger partial charge in [-0.2, -0.15) is 0 Å². The third-order valence-corrected chi connectivity index (χ3v) is 13.3. The number of hydrogen-bond donors (Lipinski definition) is 0. The molecule has 12 nitrogen and oxygen atoms in total. The van der Waals surface area contributed by atoms with E-state index in [1.54, 1.807) is 50.4 Å². The van der Waals surface area contributed by atoms with Crippen molar-refractivity contribution in [1.29, 1.82) is 0 Å². The minimum Gasteiger partial charge on any atom is -0.454 e. The van der Waals surface area contributed by atoms with E-state index in [4.69, 9.17) is 14.2 Å². The number of benzene rings is 2. The highest BCUT2D eigenvalue weighted by atomic mass is 16.5. The van der Waals surface area contributed by atoms with Crippen LogP contribution < -0.4 is 0 Å². The standard InChI is InChI=1S/C51H77N3O9/c1-15-33(6)47(53(12)50(59)40(31(2)3)29-43(57)46(32(4)5)52(10)11)44(61-13)30-45(58)54-27-19-22-41(54)49(62-14)35(8)42(56)28-34(7)48(38-20-17-16-18-21-38)63-51(60)39-25-23-37(24-26-39)36(9)55/h16-18,20-21,23-26,31-35,40-41,44,46-49H,15,19,22,27-30H2,1-14H3/t33-,34-,35-,40-,41-,44+,46-,47-,48+,49+/m0/s1. The maximum Gasteiger partial charge on any atom is 0.338 e. The third-order valence-electron chi connectivity index (χ3n) is 13.3. The van der Waals surface area contributed by atoms with Crippen molar-refractivity contribution >= 4 is 35.1 Å². The number of ether oxygens (including phenoxy) is 3. The van der Waals surface area contributed by atoms with Crippen LogP contribution in [0.25, 0.3) is 0 Å². The van der Waals surface area contributed by atoms with Crippen molar-refractivity contribution < 1.29 is 43.0 Å². The van der Waals surface area contributed by atoms with Crippen molar-refractivity contribution in [2.75, 3.05) is 41.9 Å². The largest absolute Gasteiger partial charge is 0.454 e. The van der Waals surface area contributed by atoms with Crippen LogP contribution in [0, 0.1) is 35.5 Å². The first-order valence-corrected chi connectivity index (χ1v) is 22.9. The molecule has 0 bridgehead atoms. The Morgan fingerprint density at radius 3 is 1.86 bits per heavy atom. The molecule has 1 aliphatic rings. The number of likely N-dealkylation sites (N-methyl/N-ethyl adjacent to an activating group) is 2. The fourth-order valence-corrected chi connectivity index (χ4v) is 9.59. The number of ketones is 3. The molecule has 3 rings (SSSR count). The molecule has 0 aliphatic carbocycles. The number of carbonyl (C=O) groups is 6. The molecule has 2 amide bonds. The molecule has 63 heavy (non-hydrogen) atoms. The van der Waals surface area contributed by atoms with Crippen LogP contribution in [-0.2, 0) is 33.4 Å². The Hall–Kier alpha value is -4.26. The summed E-state index contributed by atoms with van der Waals surface area (Å²) >= 11 is 0. The Morgan fingerprint density at radius 2 is 1.35 bits per heavy atom. The van der Waals surface area contributed by atoms with Crippen LogP contribution in [0.2, 0.25) is 0 Å². The molecule has 2 aromatic rings. The van der Waals surface area contributed by atoms with Crippen molar-refractivity contribution in [3.63, 3.8) is 0 Å². The van der Waals surface area contributed by atoms with Gasteiger partial charge in [0, 0.05) is 64.0 Å². The topological polar surface area (TPSA) is 140 Å². The monoisotopic (exact) mass is 876 g/mol. The fourth-order valence-electron chi connectivity index (χ4n) is 9.59. The first kappa shape index (κ1) is 53.1. The SMILES string of the molecule is CC[C@H](C)[C@@H]([C@@H](CC(=O)N1CCC[C@H]1[C@H](OC)[C@@H](C)C(=O)C[C@H](C)[C@@H](OC(=O)c1ccc(C(C)=O)cc1)c1ccccc1)OC)N(C)C(=O)[C@@H](CC(=O)[C@H](C(C)C)N(C)C)C(C)C. The highest BCUT2D eigenvalue weighted by Crippen LogP contribution is 2.34. The average molecular weight is 876 g/mol. The summed E-state index contributed by atoms with van der Waals surface area (Å²) in [6.45, 7) is 17.8. The first-order chi connectivity index (χ1) is 29.7. The summed E-state index contributed by atoms with van der Waals surface area (Å²) in [6.07, 6.45) is 0.447. The third kappa shape index (κ3) is 13.9. The van der Waals surface area contributed by atoms with E-state index in [1.165, 1.54) is 6.92 Å². The molecule has 1 fully saturated rings. The van der Waals surface area contributed by atoms with Gasteiger partial charge < -0.3 is 24.0 Å². The van der Waals surface area contributed by atoms with E-state index in [0.717, 1.165) is 18.4 Å². The number of hydrogen-bond acceptors (Lipinski definition) is 10. The van der Waals surface area contributed by atoms with E-state index in [1.807, 2.05) is 95.8 Å². The lowest BCUT2D eigenvalue weighted by atomic mass is 9.83. The second kappa shape index (κ2) is 24.7. The summed E-state index contributed by atoms with van der Waals surface area (Å²) in [5, 5.41) is 0. The average Bonchev–Trinajstić information content (AvgIpc) is 3.73. The van der Waals surface area contributed by atoms with Crippen LogP contribution in [0.15, 0.2) is 54.6 Å². The predicted octanol–water partition coefficient (Wildman–Crippen LogP) is 8.12. The molecule has 0 aromatic heterocycles. The van der Waals surface area contributed by atoms with Crippen molar-refractivity contribution in [1.82, 2.24) is 14.7 Å². The molecule has 350 valence electrons. The van der Waals surface area contributed by atoms with Crippen molar-refractivity contribution in [2.24, 2.45) is 35.5 Å². The van der Waals surface area contributed by atoms with Gasteiger partial charge in [0.1, 0.15) is 11.9 Å². The van der Waals surface area contributed by atoms with Crippen molar-refractivity contribution in [3.8, 4) is 0 Å². The summed E-state index contributed by atoms with van der Waals surface area (Å²) in [7, 11) is 8.70. The molecular formula is C51H77N3O9. The number of carbonyl (C=O) groups excluding carboxylic acids is 6. The van der Waals surface area contributed by atoms with E-state index < -0.39 is 48.1 Å². The second-order valence-corrected chi connectivity index (χ2v) is 18.8. The number of Topliss-reactive ketones (excluding diaryl/α,β-unsaturated/α-hetero) is 3. The highest BCUT2D eigenvalue weighted by molar-refractivity contribution is 5.96. The van der Waals surface area contributed by atoms with Gasteiger partial charge >= 0.3 is 5.97 Å². The number of rotatable bonds is 25. The minimum absolute atomic E-state index is 0.0163. The fraction of sp³-hybridized carbons (Fsp3) is 0.647. The van der Waals surface area contributed by atoms with Gasteiger partial charge in [-0.05, 0) is 69.3 Å². The van der Waals surface area contributed by atoms with Gasteiger partial charge in [-0.25, -0.2) is 4.79 Å². The maximum atomic E-state index is 14.4. The van der Waals surface area contributed by atoms with Gasteiger partial charge in [-0.1, -0.05) is 104 Å². The van der Waals surface area contributed by atoms with E-state index in [9.17, 15) is 28.8 Å². The molecule has 0 spiro atoms. The molecule has 0 saturated carbocycles. The van der Waals surface area contributed by atoms with Crippen molar-refractivity contribution in [2.45, 2.75) is 137 Å². The molecule has 0 radical (unpaired) electrons. The smallest absolute Gasteiger partial charge is 0.338 e. The van der Waals surface area contributed by atoms with E-state index in [-0.39, 0.29) is 78.3 Å². The van der Waals surface area contributed by atoms with Crippen LogP contribution in [0.4, 0.5) is 0 Å². The molecule has 10 atom stereocenters. The molecule has 1 aliphatic heterocycles. The summed E-state index contributed by atoms with van der Waals surface area (Å²) < 4.78 is 18.2. The Balaban J connectivity index is 1.80. The lowest BCUT2D eigenvalue weighted by Gasteiger charge is -2.41. The number of nitrogens with zero attached hydrogens (tertiary/aromatic N) is 3. The van der Waals surface area contributed by atoms with Crippen LogP contribution >= 0.6 is 0 Å². The first-order valence-electron chi connectivity index (χ1n) is 22.9. The maximum absolute atomic E-state index is 14.4. The van der Waals surface area contributed by atoms with Gasteiger partial charge in [-0.3, -0.25) is 28.9 Å². The van der Waals surface area contributed by atoms with Crippen molar-refractivity contribution in [3.05, 3.63) is 71.3 Å². The Labute approximate surface area is 377 Å². The zero-order valence-electron chi connectivity index (χ0n) is 40.6. The van der Waals surface area contributed by atoms with Gasteiger partial charge in [-0.15, -0.1) is 0 Å². The van der Waals surface area contributed by atoms with Crippen LogP contribution in [-0.4, -0.2) is 122 Å². The zero-order valence-corrected chi connectivity index (χ0v) is 40.6. The Kier molecular flexibility index (Phi) is 20.8. The number of methoxy groups -OCH3 is 2. The Morgan fingerprint density at radius 1 is 0.746 bits per heavy atom. The van der Waals surface area contributed by atoms with Gasteiger partial charge in [0.25, 0.3) is 0 Å². The molecule has 2 aromatic carbocycles. The number of esters is 1. The molecular weight excluding hydrogens is 799 g/mol. The quantitative estimate of drug-likeness (QED) is 0.0710. The van der Waals surface area contributed by atoms with Gasteiger partial charge in [0.05, 0.1) is 42.3 Å². The molecule has 12 heteroatoms. The van der Waals surface area contributed by atoms with Crippen LogP contribution in [0.3, 0.4) is 0 Å². The molecule has 1 saturated heterocycles. The number of amides is 2. The summed E-state index contributed by atoms with van der Waals surface area (Å²) in [6, 6.07) is 14.5. The van der Waals surface area contributed by atoms with Gasteiger partial charge in [0.15, 0.2) is 11.6 Å². The normalized spacial score (nSPS) is 18.6. The molecule has 0 unspecified atom stereocenters. The van der Waals surface area contributed by atoms with Crippen LogP contribution in [0.1, 0.15) is 133 Å². The Bertz CT molecular complexity index is 1810. The lowest BCUT2D eigenvalue weighted by Crippen LogP contribution is -2.54. The highest BCUT2D eigenvalue weighted by Gasteiger charge is 2.43. The van der Waals surface area contributed by atoms with E-state index in [0.29, 0.717) is 24.1 Å². The summed E-state index contributed by atoms with van der Waals surface area (Å²) in [5.74, 6) is -2.50. The van der Waals surface area contributed by atoms with E-state index >= 15 is 0 Å². The summed E-state index contributed by atoms with van der Waals surface area (Å²) in [5.41, 5.74) is 1.54.